The van der Waals surface area contributed by atoms with Crippen LogP contribution in [0, 0.1) is 16.7 Å². The highest BCUT2D eigenvalue weighted by molar-refractivity contribution is 6.31. The molecule has 1 aliphatic rings. The number of ether oxygens (including phenoxy) is 2. The maximum atomic E-state index is 13.6. The number of aliphatic hydroxyl groups excluding tert-OH is 1. The van der Waals surface area contributed by atoms with Gasteiger partial charge in [0, 0.05) is 27.6 Å². The maximum Gasteiger partial charge on any atom is 0.323 e. The number of carbonyl (C=O) groups is 2. The van der Waals surface area contributed by atoms with E-state index in [1.165, 1.54) is 7.11 Å². The van der Waals surface area contributed by atoms with E-state index in [4.69, 9.17) is 38.4 Å². The third kappa shape index (κ3) is 6.41. The van der Waals surface area contributed by atoms with Crippen LogP contribution in [0.25, 0.3) is 0 Å². The van der Waals surface area contributed by atoms with Crippen LogP contribution < -0.4 is 15.8 Å². The highest BCUT2D eigenvalue weighted by Crippen LogP contribution is 2.53. The Bertz CT molecular complexity index is 1230. The minimum Gasteiger partial charge on any atom is -0.496 e. The minimum absolute atomic E-state index is 0.227. The first-order valence-electron chi connectivity index (χ1n) is 12.2. The van der Waals surface area contributed by atoms with Crippen LogP contribution in [0.5, 0.6) is 5.75 Å². The second-order valence-corrected chi connectivity index (χ2v) is 11.6. The molecule has 1 fully saturated rings. The highest BCUT2D eigenvalue weighted by Gasteiger charge is 2.61. The number of nitrogens with one attached hydrogen (secondary N) is 1. The Morgan fingerprint density at radius 3 is 2.47 bits per heavy atom. The number of benzene rings is 2. The molecule has 38 heavy (non-hydrogen) atoms. The number of rotatable bonds is 9. The van der Waals surface area contributed by atoms with Crippen LogP contribution in [-0.2, 0) is 19.7 Å². The lowest BCUT2D eigenvalue weighted by Gasteiger charge is -2.38. The van der Waals surface area contributed by atoms with E-state index in [-0.39, 0.29) is 11.8 Å². The molecular weight excluding hydrogens is 529 g/mol. The molecule has 8 nitrogen and oxygen atoms in total. The van der Waals surface area contributed by atoms with Crippen molar-refractivity contribution >= 4 is 35.1 Å². The SMILES string of the molecule is COc1cc(Cl)ccc1[C@@]1(C#N)[C@H](CC(C)(C)C)N[C@H](C(=O)OC[C@@H](O)CC(N)=O)[C@@H]1c1cccc(Cl)c1. The normalized spacial score (nSPS) is 23.9. The summed E-state index contributed by atoms with van der Waals surface area (Å²) in [6, 6.07) is 13.2. The number of methoxy groups -OCH3 is 1. The topological polar surface area (TPSA) is 135 Å². The number of nitrogens with zero attached hydrogens (tertiary/aromatic N) is 1. The van der Waals surface area contributed by atoms with Gasteiger partial charge in [-0.25, -0.2) is 0 Å². The highest BCUT2D eigenvalue weighted by atomic mass is 35.5. The molecule has 1 aliphatic heterocycles. The summed E-state index contributed by atoms with van der Waals surface area (Å²) in [6.07, 6.45) is -1.07. The van der Waals surface area contributed by atoms with Gasteiger partial charge in [-0.2, -0.15) is 5.26 Å². The maximum absolute atomic E-state index is 13.6. The fraction of sp³-hybridized carbons (Fsp3) is 0.464. The Morgan fingerprint density at radius 1 is 1.21 bits per heavy atom. The van der Waals surface area contributed by atoms with Crippen LogP contribution in [0.3, 0.4) is 0 Å². The molecule has 0 spiro atoms. The second kappa shape index (κ2) is 11.9. The molecule has 10 heteroatoms. The standard InChI is InChI=1S/C28H33Cl2N3O5/c1-27(2,3)13-22-28(15-31,20-9-8-18(30)11-21(20)37-4)24(16-6-5-7-17(29)10-16)25(33-22)26(36)38-14-19(34)12-23(32)35/h5-11,19,22,24-25,33-34H,12-14H2,1-4H3,(H2,32,35)/t19-,22-,24-,25-,28-/m0/s1. The van der Waals surface area contributed by atoms with Crippen molar-refractivity contribution in [1.29, 1.82) is 5.26 Å². The summed E-state index contributed by atoms with van der Waals surface area (Å²) >= 11 is 12.6. The van der Waals surface area contributed by atoms with Crippen LogP contribution in [0.15, 0.2) is 42.5 Å². The number of aliphatic hydroxyl groups is 1. The Morgan fingerprint density at radius 2 is 1.89 bits per heavy atom. The van der Waals surface area contributed by atoms with Crippen molar-refractivity contribution in [3.63, 3.8) is 0 Å². The molecule has 2 aromatic rings. The molecule has 3 rings (SSSR count). The average Bonchev–Trinajstić information content (AvgIpc) is 3.15. The van der Waals surface area contributed by atoms with E-state index in [2.05, 4.69) is 32.2 Å². The lowest BCUT2D eigenvalue weighted by Crippen LogP contribution is -2.44. The Balaban J connectivity index is 2.21. The van der Waals surface area contributed by atoms with Crippen molar-refractivity contribution in [2.75, 3.05) is 13.7 Å². The first-order chi connectivity index (χ1) is 17.8. The van der Waals surface area contributed by atoms with Gasteiger partial charge in [0.2, 0.25) is 5.91 Å². The van der Waals surface area contributed by atoms with E-state index >= 15 is 0 Å². The summed E-state index contributed by atoms with van der Waals surface area (Å²) < 4.78 is 11.1. The molecule has 0 aliphatic carbocycles. The molecule has 204 valence electrons. The molecule has 1 heterocycles. The summed E-state index contributed by atoms with van der Waals surface area (Å²) in [4.78, 5) is 24.7. The summed E-state index contributed by atoms with van der Waals surface area (Å²) in [6.45, 7) is 5.73. The van der Waals surface area contributed by atoms with Gasteiger partial charge in [0.15, 0.2) is 0 Å². The van der Waals surface area contributed by atoms with E-state index in [1.807, 2.05) is 6.07 Å². The molecule has 2 aromatic carbocycles. The van der Waals surface area contributed by atoms with Crippen LogP contribution in [0.2, 0.25) is 10.0 Å². The minimum atomic E-state index is -1.30. The molecule has 0 saturated carbocycles. The largest absolute Gasteiger partial charge is 0.496 e. The predicted molar refractivity (Wildman–Crippen MR) is 145 cm³/mol. The molecule has 0 radical (unpaired) electrons. The molecule has 1 amide bonds. The smallest absolute Gasteiger partial charge is 0.323 e. The van der Waals surface area contributed by atoms with Gasteiger partial charge in [0.05, 0.1) is 25.7 Å². The summed E-state index contributed by atoms with van der Waals surface area (Å²) in [5.74, 6) is -1.73. The molecule has 1 saturated heterocycles. The Labute approximate surface area is 233 Å². The van der Waals surface area contributed by atoms with Crippen molar-refractivity contribution in [2.45, 2.75) is 63.1 Å². The molecule has 4 N–H and O–H groups in total. The number of primary amides is 1. The molecule has 0 bridgehead atoms. The summed E-state index contributed by atoms with van der Waals surface area (Å²) in [5, 5.41) is 25.3. The molecule has 0 unspecified atom stereocenters. The van der Waals surface area contributed by atoms with Gasteiger partial charge < -0.3 is 20.3 Å². The zero-order valence-electron chi connectivity index (χ0n) is 21.8. The van der Waals surface area contributed by atoms with Gasteiger partial charge in [-0.05, 0) is 41.7 Å². The number of halogens is 2. The Hall–Kier alpha value is -2.83. The fourth-order valence-electron chi connectivity index (χ4n) is 5.24. The third-order valence-corrected chi connectivity index (χ3v) is 7.15. The van der Waals surface area contributed by atoms with E-state index < -0.39 is 48.0 Å². The number of hydrogen-bond acceptors (Lipinski definition) is 7. The zero-order chi connectivity index (χ0) is 28.3. The van der Waals surface area contributed by atoms with Crippen molar-refractivity contribution in [3.05, 3.63) is 63.6 Å². The summed E-state index contributed by atoms with van der Waals surface area (Å²) in [5.41, 5.74) is 4.84. The van der Waals surface area contributed by atoms with Gasteiger partial charge in [0.1, 0.15) is 23.8 Å². The first-order valence-corrected chi connectivity index (χ1v) is 13.0. The van der Waals surface area contributed by atoms with Crippen LogP contribution >= 0.6 is 23.2 Å². The van der Waals surface area contributed by atoms with E-state index in [0.29, 0.717) is 33.3 Å². The lowest BCUT2D eigenvalue weighted by atomic mass is 9.62. The van der Waals surface area contributed by atoms with Gasteiger partial charge in [0.25, 0.3) is 0 Å². The molecule has 5 atom stereocenters. The van der Waals surface area contributed by atoms with E-state index in [0.717, 1.165) is 0 Å². The Kier molecular flexibility index (Phi) is 9.32. The van der Waals surface area contributed by atoms with E-state index in [1.54, 1.807) is 36.4 Å². The van der Waals surface area contributed by atoms with Gasteiger partial charge in [-0.1, -0.05) is 62.2 Å². The van der Waals surface area contributed by atoms with Crippen LogP contribution in [-0.4, -0.2) is 48.9 Å². The number of hydrogen-bond donors (Lipinski definition) is 3. The zero-order valence-corrected chi connectivity index (χ0v) is 23.3. The van der Waals surface area contributed by atoms with Gasteiger partial charge in [-0.3, -0.25) is 14.9 Å². The first kappa shape index (κ1) is 29.7. The quantitative estimate of drug-likeness (QED) is 0.392. The molecule has 0 aromatic heterocycles. The number of esters is 1. The molecular formula is C28H33Cl2N3O5. The number of amides is 1. The third-order valence-electron chi connectivity index (χ3n) is 6.68. The number of nitrogens with two attached hydrogens (primary N) is 1. The monoisotopic (exact) mass is 561 g/mol. The lowest BCUT2D eigenvalue weighted by molar-refractivity contribution is -0.150. The van der Waals surface area contributed by atoms with Crippen molar-refractivity contribution in [2.24, 2.45) is 11.1 Å². The van der Waals surface area contributed by atoms with E-state index in [9.17, 15) is 20.0 Å². The van der Waals surface area contributed by atoms with Crippen LogP contribution in [0.1, 0.15) is 50.7 Å². The number of nitriles is 1. The second-order valence-electron chi connectivity index (χ2n) is 10.8. The van der Waals surface area contributed by atoms with Crippen molar-refractivity contribution in [1.82, 2.24) is 5.32 Å². The van der Waals surface area contributed by atoms with Crippen molar-refractivity contribution in [3.8, 4) is 11.8 Å². The fourth-order valence-corrected chi connectivity index (χ4v) is 5.61. The summed E-state index contributed by atoms with van der Waals surface area (Å²) in [7, 11) is 1.50. The average molecular weight is 562 g/mol. The number of carbonyl (C=O) groups excluding carboxylic acids is 2. The van der Waals surface area contributed by atoms with Crippen LogP contribution in [0.4, 0.5) is 0 Å². The predicted octanol–water partition coefficient (Wildman–Crippen LogP) is 4.10. The van der Waals surface area contributed by atoms with Gasteiger partial charge >= 0.3 is 5.97 Å². The van der Waals surface area contributed by atoms with Gasteiger partial charge in [-0.15, -0.1) is 0 Å². The van der Waals surface area contributed by atoms with Crippen molar-refractivity contribution < 1.29 is 24.2 Å².